The molecule has 1 saturated carbocycles. The van der Waals surface area contributed by atoms with Gasteiger partial charge in [-0.2, -0.15) is 0 Å². The molecule has 2 aromatic rings. The second kappa shape index (κ2) is 4.78. The van der Waals surface area contributed by atoms with E-state index in [1.54, 1.807) is 11.3 Å². The number of aromatic nitrogens is 4. The summed E-state index contributed by atoms with van der Waals surface area (Å²) in [6.07, 6.45) is 2.56. The SMILES string of the molecule is Cc1ccc(C(C)n2nnnc2CNC2CC2)s1. The summed E-state index contributed by atoms with van der Waals surface area (Å²) in [4.78, 5) is 2.62. The molecule has 0 spiro atoms. The summed E-state index contributed by atoms with van der Waals surface area (Å²) in [5.41, 5.74) is 0. The molecule has 1 aliphatic carbocycles. The van der Waals surface area contributed by atoms with Gasteiger partial charge in [-0.1, -0.05) is 0 Å². The van der Waals surface area contributed by atoms with Crippen molar-refractivity contribution >= 4 is 11.3 Å². The quantitative estimate of drug-likeness (QED) is 0.895. The van der Waals surface area contributed by atoms with E-state index in [0.717, 1.165) is 12.4 Å². The summed E-state index contributed by atoms with van der Waals surface area (Å²) in [6.45, 7) is 5.02. The molecule has 0 radical (unpaired) electrons. The van der Waals surface area contributed by atoms with E-state index < -0.39 is 0 Å². The van der Waals surface area contributed by atoms with Crippen molar-refractivity contribution in [2.45, 2.75) is 45.3 Å². The largest absolute Gasteiger partial charge is 0.307 e. The van der Waals surface area contributed by atoms with Gasteiger partial charge in [-0.3, -0.25) is 0 Å². The summed E-state index contributed by atoms with van der Waals surface area (Å²) in [5, 5.41) is 15.5. The zero-order valence-corrected chi connectivity index (χ0v) is 11.4. The van der Waals surface area contributed by atoms with Crippen LogP contribution in [-0.4, -0.2) is 26.2 Å². The Labute approximate surface area is 110 Å². The second-order valence-electron chi connectivity index (χ2n) is 4.82. The number of hydrogen-bond donors (Lipinski definition) is 1. The van der Waals surface area contributed by atoms with Crippen LogP contribution in [0.5, 0.6) is 0 Å². The maximum Gasteiger partial charge on any atom is 0.165 e. The third-order valence-electron chi connectivity index (χ3n) is 3.23. The topological polar surface area (TPSA) is 55.6 Å². The van der Waals surface area contributed by atoms with Gasteiger partial charge in [0, 0.05) is 15.8 Å². The lowest BCUT2D eigenvalue weighted by Crippen LogP contribution is -2.21. The Kier molecular flexibility index (Phi) is 3.13. The van der Waals surface area contributed by atoms with E-state index in [-0.39, 0.29) is 6.04 Å². The van der Waals surface area contributed by atoms with E-state index in [0.29, 0.717) is 6.04 Å². The van der Waals surface area contributed by atoms with E-state index in [1.807, 2.05) is 4.68 Å². The highest BCUT2D eigenvalue weighted by Crippen LogP contribution is 2.25. The zero-order valence-electron chi connectivity index (χ0n) is 10.6. The minimum absolute atomic E-state index is 0.203. The number of thiophene rings is 1. The Morgan fingerprint density at radius 3 is 3.00 bits per heavy atom. The van der Waals surface area contributed by atoms with Crippen LogP contribution in [0.4, 0.5) is 0 Å². The van der Waals surface area contributed by atoms with E-state index >= 15 is 0 Å². The Morgan fingerprint density at radius 2 is 2.33 bits per heavy atom. The molecule has 2 aromatic heterocycles. The standard InChI is InChI=1S/C12H17N5S/c1-8-3-6-11(18-8)9(2)17-12(14-15-16-17)7-13-10-4-5-10/h3,6,9-10,13H,4-5,7H2,1-2H3. The monoisotopic (exact) mass is 263 g/mol. The molecule has 2 heterocycles. The first kappa shape index (κ1) is 11.8. The number of aryl methyl sites for hydroxylation is 1. The summed E-state index contributed by atoms with van der Waals surface area (Å²) in [7, 11) is 0. The van der Waals surface area contributed by atoms with Gasteiger partial charge < -0.3 is 5.32 Å². The van der Waals surface area contributed by atoms with Crippen molar-refractivity contribution in [3.8, 4) is 0 Å². The lowest BCUT2D eigenvalue weighted by atomic mass is 10.3. The van der Waals surface area contributed by atoms with Gasteiger partial charge in [0.05, 0.1) is 12.6 Å². The van der Waals surface area contributed by atoms with Crippen molar-refractivity contribution in [1.82, 2.24) is 25.5 Å². The molecule has 6 heteroatoms. The van der Waals surface area contributed by atoms with E-state index in [2.05, 4.69) is 46.8 Å². The summed E-state index contributed by atoms with van der Waals surface area (Å²) in [5.74, 6) is 0.917. The van der Waals surface area contributed by atoms with Crippen LogP contribution >= 0.6 is 11.3 Å². The number of rotatable bonds is 5. The average Bonchev–Trinajstić information content (AvgIpc) is 2.90. The molecule has 0 amide bonds. The average molecular weight is 263 g/mol. The van der Waals surface area contributed by atoms with Crippen LogP contribution in [0.2, 0.25) is 0 Å². The molecule has 0 aliphatic heterocycles. The van der Waals surface area contributed by atoms with Gasteiger partial charge in [-0.25, -0.2) is 4.68 Å². The third-order valence-corrected chi connectivity index (χ3v) is 4.40. The van der Waals surface area contributed by atoms with Gasteiger partial charge in [-0.15, -0.1) is 16.4 Å². The van der Waals surface area contributed by atoms with Crippen LogP contribution in [0.25, 0.3) is 0 Å². The minimum Gasteiger partial charge on any atom is -0.307 e. The fourth-order valence-electron chi connectivity index (χ4n) is 1.95. The van der Waals surface area contributed by atoms with E-state index in [4.69, 9.17) is 0 Å². The highest BCUT2D eigenvalue weighted by atomic mass is 32.1. The normalized spacial score (nSPS) is 17.0. The van der Waals surface area contributed by atoms with Crippen molar-refractivity contribution in [1.29, 1.82) is 0 Å². The predicted molar refractivity (Wildman–Crippen MR) is 70.5 cm³/mol. The minimum atomic E-state index is 0.203. The summed E-state index contributed by atoms with van der Waals surface area (Å²) < 4.78 is 1.92. The van der Waals surface area contributed by atoms with E-state index in [1.165, 1.54) is 22.6 Å². The summed E-state index contributed by atoms with van der Waals surface area (Å²) >= 11 is 1.80. The molecule has 0 saturated heterocycles. The first-order chi connectivity index (χ1) is 8.74. The maximum atomic E-state index is 4.12. The second-order valence-corrected chi connectivity index (χ2v) is 6.14. The smallest absolute Gasteiger partial charge is 0.165 e. The third kappa shape index (κ3) is 2.44. The molecule has 1 aliphatic rings. The van der Waals surface area contributed by atoms with Crippen LogP contribution < -0.4 is 5.32 Å². The molecule has 5 nitrogen and oxygen atoms in total. The molecule has 18 heavy (non-hydrogen) atoms. The summed E-state index contributed by atoms with van der Waals surface area (Å²) in [6, 6.07) is 5.18. The Morgan fingerprint density at radius 1 is 1.50 bits per heavy atom. The van der Waals surface area contributed by atoms with Crippen molar-refractivity contribution in [3.63, 3.8) is 0 Å². The van der Waals surface area contributed by atoms with Gasteiger partial charge in [0.1, 0.15) is 0 Å². The van der Waals surface area contributed by atoms with Gasteiger partial charge >= 0.3 is 0 Å². The fourth-order valence-corrected chi connectivity index (χ4v) is 2.87. The van der Waals surface area contributed by atoms with Crippen LogP contribution in [-0.2, 0) is 6.54 Å². The van der Waals surface area contributed by atoms with Crippen molar-refractivity contribution in [2.24, 2.45) is 0 Å². The van der Waals surface area contributed by atoms with Crippen LogP contribution in [0, 0.1) is 6.92 Å². The lowest BCUT2D eigenvalue weighted by Gasteiger charge is -2.11. The van der Waals surface area contributed by atoms with Crippen molar-refractivity contribution in [3.05, 3.63) is 27.7 Å². The predicted octanol–water partition coefficient (Wildman–Crippen LogP) is 1.90. The molecular weight excluding hydrogens is 246 g/mol. The molecule has 0 bridgehead atoms. The molecule has 96 valence electrons. The highest BCUT2D eigenvalue weighted by molar-refractivity contribution is 7.12. The van der Waals surface area contributed by atoms with Crippen LogP contribution in [0.3, 0.4) is 0 Å². The van der Waals surface area contributed by atoms with Crippen molar-refractivity contribution in [2.75, 3.05) is 0 Å². The number of nitrogens with one attached hydrogen (secondary N) is 1. The van der Waals surface area contributed by atoms with E-state index in [9.17, 15) is 0 Å². The number of tetrazole rings is 1. The van der Waals surface area contributed by atoms with Gasteiger partial charge in [0.2, 0.25) is 0 Å². The maximum absolute atomic E-state index is 4.12. The first-order valence-electron chi connectivity index (χ1n) is 6.30. The molecule has 0 aromatic carbocycles. The van der Waals surface area contributed by atoms with Crippen molar-refractivity contribution < 1.29 is 0 Å². The molecular formula is C12H17N5S. The van der Waals surface area contributed by atoms with Gasteiger partial charge in [0.25, 0.3) is 0 Å². The number of nitrogens with zero attached hydrogens (tertiary/aromatic N) is 4. The molecule has 1 N–H and O–H groups in total. The molecule has 3 rings (SSSR count). The highest BCUT2D eigenvalue weighted by Gasteiger charge is 2.22. The molecule has 1 unspecified atom stereocenters. The molecule has 1 atom stereocenters. The Bertz CT molecular complexity index is 528. The Hall–Kier alpha value is -1.27. The van der Waals surface area contributed by atoms with Crippen LogP contribution in [0.1, 0.15) is 41.4 Å². The fraction of sp³-hybridized carbons (Fsp3) is 0.583. The number of hydrogen-bond acceptors (Lipinski definition) is 5. The zero-order chi connectivity index (χ0) is 12.5. The van der Waals surface area contributed by atoms with Gasteiger partial charge in [-0.05, 0) is 49.2 Å². The van der Waals surface area contributed by atoms with Gasteiger partial charge in [0.15, 0.2) is 5.82 Å². The first-order valence-corrected chi connectivity index (χ1v) is 7.12. The Balaban J connectivity index is 1.75. The van der Waals surface area contributed by atoms with Crippen LogP contribution in [0.15, 0.2) is 12.1 Å². The lowest BCUT2D eigenvalue weighted by molar-refractivity contribution is 0.510. The molecule has 1 fully saturated rings.